The number of nitrogens with zero attached hydrogens (tertiary/aromatic N) is 2. The van der Waals surface area contributed by atoms with Gasteiger partial charge in [0.1, 0.15) is 0 Å². The third-order valence-electron chi connectivity index (χ3n) is 2.25. The van der Waals surface area contributed by atoms with Crippen LogP contribution in [-0.4, -0.2) is 34.1 Å². The average molecular weight is 209 g/mol. The fourth-order valence-corrected chi connectivity index (χ4v) is 2.08. The van der Waals surface area contributed by atoms with Gasteiger partial charge in [-0.15, -0.1) is 0 Å². The van der Waals surface area contributed by atoms with Gasteiger partial charge in [0, 0.05) is 19.0 Å². The molecular formula is C10H13N2OS+. The molecule has 2 heterocycles. The first-order chi connectivity index (χ1) is 6.86. The molecule has 0 aliphatic carbocycles. The molecule has 0 atom stereocenters. The minimum absolute atomic E-state index is 0.272. The van der Waals surface area contributed by atoms with Crippen molar-refractivity contribution < 1.29 is 9.37 Å². The standard InChI is InChI=1S/C10H13N2OS/c13-10-4-3-6-12(10)8-11-5-1-2-7-14-9-11/h1-2,5,7,9H,3-4,6,8H2/q+1. The lowest BCUT2D eigenvalue weighted by molar-refractivity contribution is -0.470. The van der Waals surface area contributed by atoms with E-state index in [0.717, 1.165) is 13.0 Å². The summed E-state index contributed by atoms with van der Waals surface area (Å²) in [5.41, 5.74) is 2.02. The van der Waals surface area contributed by atoms with Crippen molar-refractivity contribution in [3.63, 3.8) is 0 Å². The molecule has 1 saturated heterocycles. The highest BCUT2D eigenvalue weighted by molar-refractivity contribution is 8.14. The lowest BCUT2D eigenvalue weighted by Gasteiger charge is -2.10. The normalized spacial score (nSPS) is 21.3. The van der Waals surface area contributed by atoms with Gasteiger partial charge >= 0.3 is 0 Å². The van der Waals surface area contributed by atoms with Crippen LogP contribution in [0.1, 0.15) is 12.8 Å². The Hall–Kier alpha value is -1.03. The number of rotatable bonds is 2. The Morgan fingerprint density at radius 2 is 2.43 bits per heavy atom. The van der Waals surface area contributed by atoms with Crippen molar-refractivity contribution >= 4 is 23.2 Å². The molecule has 74 valence electrons. The first kappa shape index (κ1) is 9.52. The Kier molecular flexibility index (Phi) is 3.03. The zero-order valence-corrected chi connectivity index (χ0v) is 8.74. The van der Waals surface area contributed by atoms with Crippen molar-refractivity contribution in [2.24, 2.45) is 0 Å². The maximum atomic E-state index is 11.4. The van der Waals surface area contributed by atoms with E-state index in [4.69, 9.17) is 0 Å². The van der Waals surface area contributed by atoms with Crippen LogP contribution in [0.2, 0.25) is 0 Å². The van der Waals surface area contributed by atoms with Crippen molar-refractivity contribution in [2.75, 3.05) is 13.2 Å². The van der Waals surface area contributed by atoms with Gasteiger partial charge in [-0.1, -0.05) is 0 Å². The summed E-state index contributed by atoms with van der Waals surface area (Å²) in [5.74, 6) is 0.272. The van der Waals surface area contributed by atoms with E-state index in [-0.39, 0.29) is 5.91 Å². The summed E-state index contributed by atoms with van der Waals surface area (Å²) in [6.07, 6.45) is 7.68. The van der Waals surface area contributed by atoms with Crippen LogP contribution in [0.5, 0.6) is 0 Å². The molecular weight excluding hydrogens is 196 g/mol. The Morgan fingerprint density at radius 3 is 3.21 bits per heavy atom. The number of hydrogen-bond acceptors (Lipinski definition) is 2. The Bertz CT molecular complexity index is 320. The van der Waals surface area contributed by atoms with Gasteiger partial charge in [-0.2, -0.15) is 4.58 Å². The number of thioether (sulfide) groups is 1. The molecule has 0 aromatic carbocycles. The van der Waals surface area contributed by atoms with Gasteiger partial charge < -0.3 is 0 Å². The monoisotopic (exact) mass is 209 g/mol. The van der Waals surface area contributed by atoms with E-state index in [1.54, 1.807) is 11.8 Å². The van der Waals surface area contributed by atoms with Gasteiger partial charge in [-0.25, -0.2) is 0 Å². The molecule has 2 rings (SSSR count). The number of allylic oxidation sites excluding steroid dienone is 2. The van der Waals surface area contributed by atoms with E-state index in [1.807, 2.05) is 38.8 Å². The number of likely N-dealkylation sites (tertiary alicyclic amines) is 1. The molecule has 0 radical (unpaired) electrons. The van der Waals surface area contributed by atoms with Crippen LogP contribution in [0.3, 0.4) is 0 Å². The fourth-order valence-electron chi connectivity index (χ4n) is 1.53. The summed E-state index contributed by atoms with van der Waals surface area (Å²) in [6, 6.07) is 0. The van der Waals surface area contributed by atoms with E-state index in [0.29, 0.717) is 13.1 Å². The van der Waals surface area contributed by atoms with Crippen molar-refractivity contribution in [3.8, 4) is 0 Å². The van der Waals surface area contributed by atoms with Gasteiger partial charge in [-0.3, -0.25) is 9.69 Å². The molecule has 14 heavy (non-hydrogen) atoms. The molecule has 1 amide bonds. The quantitative estimate of drug-likeness (QED) is 0.641. The van der Waals surface area contributed by atoms with E-state index >= 15 is 0 Å². The number of amides is 1. The summed E-state index contributed by atoms with van der Waals surface area (Å²) in [4.78, 5) is 13.3. The largest absolute Gasteiger partial charge is 0.287 e. The number of carbonyl (C=O) groups excluding carboxylic acids is 1. The molecule has 0 saturated carbocycles. The van der Waals surface area contributed by atoms with Crippen LogP contribution in [0.15, 0.2) is 23.8 Å². The highest BCUT2D eigenvalue weighted by Gasteiger charge is 2.23. The van der Waals surface area contributed by atoms with Gasteiger partial charge in [0.05, 0.1) is 0 Å². The van der Waals surface area contributed by atoms with Gasteiger partial charge in [-0.05, 0) is 29.7 Å². The lowest BCUT2D eigenvalue weighted by Crippen LogP contribution is -2.31. The summed E-state index contributed by atoms with van der Waals surface area (Å²) in [7, 11) is 0. The molecule has 2 aliphatic heterocycles. The van der Waals surface area contributed by atoms with Crippen LogP contribution in [0.4, 0.5) is 0 Å². The molecule has 0 bridgehead atoms. The SMILES string of the molecule is O=C1CCCN1C[N+]1=CSC=CC=C1. The van der Waals surface area contributed by atoms with Crippen molar-refractivity contribution in [2.45, 2.75) is 12.8 Å². The molecule has 0 unspecified atom stereocenters. The summed E-state index contributed by atoms with van der Waals surface area (Å²) in [5, 5.41) is 2.02. The van der Waals surface area contributed by atoms with Crippen molar-refractivity contribution in [1.82, 2.24) is 4.90 Å². The van der Waals surface area contributed by atoms with Gasteiger partial charge in [0.15, 0.2) is 6.20 Å². The Labute approximate surface area is 87.8 Å². The predicted octanol–water partition coefficient (Wildman–Crippen LogP) is 1.38. The van der Waals surface area contributed by atoms with Gasteiger partial charge in [0.25, 0.3) is 0 Å². The Balaban J connectivity index is 1.97. The fraction of sp³-hybridized carbons (Fsp3) is 0.400. The van der Waals surface area contributed by atoms with E-state index in [2.05, 4.69) is 0 Å². The third-order valence-corrected chi connectivity index (χ3v) is 2.95. The highest BCUT2D eigenvalue weighted by atomic mass is 32.2. The molecule has 2 aliphatic rings. The first-order valence-electron chi connectivity index (χ1n) is 4.72. The highest BCUT2D eigenvalue weighted by Crippen LogP contribution is 2.10. The molecule has 0 aromatic heterocycles. The van der Waals surface area contributed by atoms with Crippen LogP contribution >= 0.6 is 11.8 Å². The van der Waals surface area contributed by atoms with Crippen LogP contribution in [0.25, 0.3) is 0 Å². The van der Waals surface area contributed by atoms with E-state index < -0.39 is 0 Å². The van der Waals surface area contributed by atoms with Crippen LogP contribution < -0.4 is 0 Å². The second-order valence-electron chi connectivity index (χ2n) is 3.33. The number of hydrogen-bond donors (Lipinski definition) is 0. The zero-order valence-electron chi connectivity index (χ0n) is 7.93. The van der Waals surface area contributed by atoms with Crippen molar-refractivity contribution in [3.05, 3.63) is 23.8 Å². The maximum absolute atomic E-state index is 11.4. The second kappa shape index (κ2) is 4.46. The minimum atomic E-state index is 0.272. The smallest absolute Gasteiger partial charge is 0.227 e. The summed E-state index contributed by atoms with van der Waals surface area (Å²) < 4.78 is 2.04. The summed E-state index contributed by atoms with van der Waals surface area (Å²) >= 11 is 1.63. The predicted molar refractivity (Wildman–Crippen MR) is 58.0 cm³/mol. The second-order valence-corrected chi connectivity index (χ2v) is 4.08. The molecule has 0 N–H and O–H groups in total. The molecule has 4 heteroatoms. The molecule has 3 nitrogen and oxygen atoms in total. The van der Waals surface area contributed by atoms with Gasteiger partial charge in [0.2, 0.25) is 18.1 Å². The summed E-state index contributed by atoms with van der Waals surface area (Å²) in [6.45, 7) is 1.58. The third kappa shape index (κ3) is 2.26. The Morgan fingerprint density at radius 1 is 1.50 bits per heavy atom. The van der Waals surface area contributed by atoms with Crippen LogP contribution in [-0.2, 0) is 4.79 Å². The topological polar surface area (TPSA) is 23.3 Å². The first-order valence-corrected chi connectivity index (χ1v) is 5.66. The minimum Gasteiger partial charge on any atom is -0.287 e. The van der Waals surface area contributed by atoms with Crippen molar-refractivity contribution in [1.29, 1.82) is 0 Å². The lowest BCUT2D eigenvalue weighted by atomic mass is 10.4. The molecule has 1 fully saturated rings. The van der Waals surface area contributed by atoms with E-state index in [9.17, 15) is 4.79 Å². The average Bonchev–Trinajstić information content (AvgIpc) is 2.44. The molecule has 0 aromatic rings. The maximum Gasteiger partial charge on any atom is 0.227 e. The van der Waals surface area contributed by atoms with Crippen LogP contribution in [0, 0.1) is 0 Å². The molecule has 0 spiro atoms. The zero-order chi connectivity index (χ0) is 9.80. The number of carbonyl (C=O) groups is 1. The van der Waals surface area contributed by atoms with E-state index in [1.165, 1.54) is 0 Å².